The lowest BCUT2D eigenvalue weighted by molar-refractivity contribution is 0.653. The van der Waals surface area contributed by atoms with Crippen LogP contribution >= 0.6 is 15.9 Å². The highest BCUT2D eigenvalue weighted by Gasteiger charge is 2.18. The molecule has 0 aliphatic carbocycles. The van der Waals surface area contributed by atoms with Crippen LogP contribution in [0.2, 0.25) is 0 Å². The molecule has 0 atom stereocenters. The maximum Gasteiger partial charge on any atom is 0.231 e. The summed E-state index contributed by atoms with van der Waals surface area (Å²) < 4.78 is 6.99. The number of fused-ring (bicyclic) bond motifs is 3. The lowest BCUT2D eigenvalue weighted by atomic mass is 10.1. The van der Waals surface area contributed by atoms with Crippen molar-refractivity contribution in [3.63, 3.8) is 0 Å². The summed E-state index contributed by atoms with van der Waals surface area (Å²) in [5.41, 5.74) is 3.90. The van der Waals surface area contributed by atoms with Gasteiger partial charge in [0, 0.05) is 21.0 Å². The van der Waals surface area contributed by atoms with Crippen LogP contribution in [0, 0.1) is 0 Å². The molecule has 26 heavy (non-hydrogen) atoms. The molecule has 0 spiro atoms. The Balaban J connectivity index is 2.13. The van der Waals surface area contributed by atoms with E-state index in [1.807, 2.05) is 54.6 Å². The number of benzene rings is 2. The number of rotatable bonds is 4. The van der Waals surface area contributed by atoms with Gasteiger partial charge in [-0.25, -0.2) is 4.98 Å². The number of aromatic nitrogens is 2. The van der Waals surface area contributed by atoms with Crippen LogP contribution in [-0.2, 0) is 0 Å². The van der Waals surface area contributed by atoms with Crippen LogP contribution in [0.5, 0.6) is 0 Å². The van der Waals surface area contributed by atoms with E-state index in [4.69, 9.17) is 9.40 Å². The number of hydrogen-bond acceptors (Lipinski definition) is 3. The second-order valence-electron chi connectivity index (χ2n) is 5.75. The second-order valence-corrected chi connectivity index (χ2v) is 6.66. The van der Waals surface area contributed by atoms with Gasteiger partial charge in [-0.1, -0.05) is 77.6 Å². The Labute approximate surface area is 159 Å². The van der Waals surface area contributed by atoms with Gasteiger partial charge >= 0.3 is 0 Å². The minimum Gasteiger partial charge on any atom is -0.438 e. The van der Waals surface area contributed by atoms with E-state index in [0.29, 0.717) is 11.5 Å². The molecule has 4 heteroatoms. The Morgan fingerprint density at radius 2 is 1.85 bits per heavy atom. The molecule has 126 valence electrons. The van der Waals surface area contributed by atoms with E-state index in [1.165, 1.54) is 0 Å². The van der Waals surface area contributed by atoms with Crippen molar-refractivity contribution in [2.45, 2.75) is 0 Å². The molecular formula is C22H15BrN2O. The summed E-state index contributed by atoms with van der Waals surface area (Å²) in [4.78, 5) is 9.51. The summed E-state index contributed by atoms with van der Waals surface area (Å²) in [5, 5.41) is 1.83. The number of hydrogen-bond donors (Lipinski definition) is 0. The maximum atomic E-state index is 6.02. The van der Waals surface area contributed by atoms with Crippen LogP contribution in [0.15, 0.2) is 88.8 Å². The molecule has 0 amide bonds. The first-order valence-corrected chi connectivity index (χ1v) is 8.91. The van der Waals surface area contributed by atoms with E-state index in [9.17, 15) is 0 Å². The van der Waals surface area contributed by atoms with Gasteiger partial charge in [0.1, 0.15) is 5.58 Å². The molecule has 4 aromatic rings. The molecule has 0 saturated carbocycles. The summed E-state index contributed by atoms with van der Waals surface area (Å²) in [6.07, 6.45) is 5.39. The van der Waals surface area contributed by atoms with E-state index in [-0.39, 0.29) is 0 Å². The number of halogens is 1. The Kier molecular flexibility index (Phi) is 4.27. The van der Waals surface area contributed by atoms with Gasteiger partial charge in [-0.2, -0.15) is 4.98 Å². The first kappa shape index (κ1) is 16.5. The molecule has 0 fully saturated rings. The van der Waals surface area contributed by atoms with Gasteiger partial charge in [-0.15, -0.1) is 0 Å². The fourth-order valence-electron chi connectivity index (χ4n) is 2.94. The van der Waals surface area contributed by atoms with Crippen LogP contribution in [0.1, 0.15) is 5.69 Å². The fraction of sp³-hybridized carbons (Fsp3) is 0. The Hall–Kier alpha value is -2.98. The van der Waals surface area contributed by atoms with Gasteiger partial charge in [-0.3, -0.25) is 0 Å². The maximum absolute atomic E-state index is 6.02. The lowest BCUT2D eigenvalue weighted by Gasteiger charge is -2.07. The number of furan rings is 1. The van der Waals surface area contributed by atoms with E-state index < -0.39 is 0 Å². The third kappa shape index (κ3) is 2.78. The number of nitrogens with zero attached hydrogens (tertiary/aromatic N) is 2. The summed E-state index contributed by atoms with van der Waals surface area (Å²) in [5.74, 6) is 0.614. The molecule has 0 saturated heterocycles. The lowest BCUT2D eigenvalue weighted by Crippen LogP contribution is -1.96. The second kappa shape index (κ2) is 6.73. The fourth-order valence-corrected chi connectivity index (χ4v) is 3.30. The normalized spacial score (nSPS) is 11.8. The first-order chi connectivity index (χ1) is 12.7. The Morgan fingerprint density at radius 1 is 1.04 bits per heavy atom. The van der Waals surface area contributed by atoms with Gasteiger partial charge in [0.2, 0.25) is 5.71 Å². The zero-order valence-corrected chi connectivity index (χ0v) is 15.5. The van der Waals surface area contributed by atoms with Crippen molar-refractivity contribution in [2.24, 2.45) is 0 Å². The molecule has 4 rings (SSSR count). The van der Waals surface area contributed by atoms with Gasteiger partial charge in [0.05, 0.1) is 11.1 Å². The summed E-state index contributed by atoms with van der Waals surface area (Å²) >= 11 is 3.53. The Bertz CT molecular complexity index is 1170. The van der Waals surface area contributed by atoms with Crippen LogP contribution in [-0.4, -0.2) is 9.97 Å². The Morgan fingerprint density at radius 3 is 2.58 bits per heavy atom. The van der Waals surface area contributed by atoms with Crippen molar-refractivity contribution in [1.82, 2.24) is 9.97 Å². The molecule has 0 aliphatic heterocycles. The molecule has 0 bridgehead atoms. The van der Waals surface area contributed by atoms with E-state index in [1.54, 1.807) is 12.2 Å². The van der Waals surface area contributed by atoms with Crippen molar-refractivity contribution in [3.8, 4) is 11.4 Å². The highest BCUT2D eigenvalue weighted by atomic mass is 79.9. The third-order valence-corrected chi connectivity index (χ3v) is 4.61. The summed E-state index contributed by atoms with van der Waals surface area (Å²) in [7, 11) is 0. The monoisotopic (exact) mass is 402 g/mol. The largest absolute Gasteiger partial charge is 0.438 e. The molecule has 3 nitrogen and oxygen atoms in total. The van der Waals surface area contributed by atoms with Gasteiger partial charge in [0.15, 0.2) is 5.82 Å². The topological polar surface area (TPSA) is 38.9 Å². The van der Waals surface area contributed by atoms with Crippen LogP contribution in [0.25, 0.3) is 39.0 Å². The summed E-state index contributed by atoms with van der Waals surface area (Å²) in [6.45, 7) is 7.73. The van der Waals surface area contributed by atoms with Crippen LogP contribution < -0.4 is 0 Å². The minimum absolute atomic E-state index is 0.554. The third-order valence-electron chi connectivity index (χ3n) is 4.12. The molecular weight excluding hydrogens is 388 g/mol. The van der Waals surface area contributed by atoms with Crippen LogP contribution in [0.3, 0.4) is 0 Å². The molecule has 2 aromatic heterocycles. The standard InChI is InChI=1S/C22H15BrN2O/c1-3-8-14(4-2)20-19-17-13-16(23)11-12-18(17)26-22(19)25-21(24-20)15-9-6-5-7-10-15/h3-13H,1-2H2/b14-8+. The first-order valence-electron chi connectivity index (χ1n) is 8.12. The molecule has 0 N–H and O–H groups in total. The predicted octanol–water partition coefficient (Wildman–Crippen LogP) is 6.56. The molecule has 0 radical (unpaired) electrons. The van der Waals surface area contributed by atoms with Crippen molar-refractivity contribution < 1.29 is 4.42 Å². The van der Waals surface area contributed by atoms with Crippen molar-refractivity contribution in [3.05, 3.63) is 90.1 Å². The van der Waals surface area contributed by atoms with Gasteiger partial charge < -0.3 is 4.42 Å². The quantitative estimate of drug-likeness (QED) is 0.362. The zero-order chi connectivity index (χ0) is 18.1. The van der Waals surface area contributed by atoms with E-state index in [0.717, 1.165) is 37.7 Å². The SMILES string of the molecule is C=C/C=C(\C=C)c1nc(-c2ccccc2)nc2oc3ccc(Br)cc3c12. The van der Waals surface area contributed by atoms with Gasteiger partial charge in [-0.05, 0) is 18.2 Å². The highest BCUT2D eigenvalue weighted by molar-refractivity contribution is 9.10. The summed E-state index contributed by atoms with van der Waals surface area (Å²) in [6, 6.07) is 15.8. The van der Waals surface area contributed by atoms with Gasteiger partial charge in [0.25, 0.3) is 0 Å². The van der Waals surface area contributed by atoms with Crippen molar-refractivity contribution >= 4 is 43.6 Å². The van der Waals surface area contributed by atoms with Crippen molar-refractivity contribution in [2.75, 3.05) is 0 Å². The average molecular weight is 403 g/mol. The average Bonchev–Trinajstić information content (AvgIpc) is 3.04. The van der Waals surface area contributed by atoms with E-state index in [2.05, 4.69) is 34.1 Å². The molecule has 0 aliphatic rings. The smallest absolute Gasteiger partial charge is 0.231 e. The number of allylic oxidation sites excluding steroid dienone is 4. The van der Waals surface area contributed by atoms with Crippen molar-refractivity contribution in [1.29, 1.82) is 0 Å². The highest BCUT2D eigenvalue weighted by Crippen LogP contribution is 2.35. The van der Waals surface area contributed by atoms with E-state index >= 15 is 0 Å². The minimum atomic E-state index is 0.554. The van der Waals surface area contributed by atoms with Crippen LogP contribution in [0.4, 0.5) is 0 Å². The molecule has 2 heterocycles. The predicted molar refractivity (Wildman–Crippen MR) is 111 cm³/mol. The zero-order valence-electron chi connectivity index (χ0n) is 13.9. The molecule has 0 unspecified atom stereocenters. The molecule has 2 aromatic carbocycles.